The molecule has 0 unspecified atom stereocenters. The predicted molar refractivity (Wildman–Crippen MR) is 131 cm³/mol. The highest BCUT2D eigenvalue weighted by atomic mass is 16.3. The number of hydrogen-bond acceptors (Lipinski definition) is 7. The van der Waals surface area contributed by atoms with Crippen LogP contribution in [-0.2, 0) is 11.2 Å². The third kappa shape index (κ3) is 4.14. The second-order valence-electron chi connectivity index (χ2n) is 8.22. The van der Waals surface area contributed by atoms with Crippen molar-refractivity contribution in [1.82, 2.24) is 30.4 Å². The SMILES string of the molecule is Cc1nc2c(C#N)cnn2c(C)c1CCC(=O)NNC(=O)c1cc(-c2ccco2)nc2ccccc12. The number of rotatable bonds is 5. The maximum Gasteiger partial charge on any atom is 0.270 e. The summed E-state index contributed by atoms with van der Waals surface area (Å²) in [5.74, 6) is -0.287. The number of nitrogens with one attached hydrogen (secondary N) is 2. The fourth-order valence-corrected chi connectivity index (χ4v) is 4.16. The summed E-state index contributed by atoms with van der Waals surface area (Å²) < 4.78 is 7.04. The van der Waals surface area contributed by atoms with Gasteiger partial charge in [-0.3, -0.25) is 20.4 Å². The van der Waals surface area contributed by atoms with Gasteiger partial charge in [-0.2, -0.15) is 10.4 Å². The van der Waals surface area contributed by atoms with E-state index in [-0.39, 0.29) is 12.3 Å². The molecule has 36 heavy (non-hydrogen) atoms. The molecule has 2 N–H and O–H groups in total. The first-order valence-corrected chi connectivity index (χ1v) is 11.2. The Bertz CT molecular complexity index is 1660. The quantitative estimate of drug-likeness (QED) is 0.368. The zero-order valence-electron chi connectivity index (χ0n) is 19.6. The van der Waals surface area contributed by atoms with Gasteiger partial charge >= 0.3 is 0 Å². The highest BCUT2D eigenvalue weighted by Gasteiger charge is 2.17. The number of nitrogens with zero attached hydrogens (tertiary/aromatic N) is 5. The van der Waals surface area contributed by atoms with Gasteiger partial charge in [0.25, 0.3) is 5.91 Å². The van der Waals surface area contributed by atoms with Crippen molar-refractivity contribution < 1.29 is 14.0 Å². The van der Waals surface area contributed by atoms with Gasteiger partial charge in [0.1, 0.15) is 17.3 Å². The molecule has 0 aliphatic heterocycles. The molecule has 5 rings (SSSR count). The van der Waals surface area contributed by atoms with Crippen LogP contribution < -0.4 is 10.9 Å². The number of hydrazine groups is 1. The van der Waals surface area contributed by atoms with Gasteiger partial charge in [0.2, 0.25) is 5.91 Å². The Morgan fingerprint density at radius 2 is 1.94 bits per heavy atom. The number of aryl methyl sites for hydroxylation is 2. The Hall–Kier alpha value is -5.04. The first kappa shape index (κ1) is 22.7. The minimum atomic E-state index is -0.467. The van der Waals surface area contributed by atoms with Crippen molar-refractivity contribution in [3.8, 4) is 17.5 Å². The summed E-state index contributed by atoms with van der Waals surface area (Å²) in [5, 5.41) is 14.1. The Kier molecular flexibility index (Phi) is 5.88. The van der Waals surface area contributed by atoms with Gasteiger partial charge < -0.3 is 4.42 Å². The van der Waals surface area contributed by atoms with E-state index in [9.17, 15) is 14.9 Å². The molecular formula is C26H21N7O3. The molecule has 5 aromatic rings. The molecule has 10 nitrogen and oxygen atoms in total. The molecule has 178 valence electrons. The summed E-state index contributed by atoms with van der Waals surface area (Å²) in [6, 6.07) is 14.5. The third-order valence-corrected chi connectivity index (χ3v) is 5.98. The summed E-state index contributed by atoms with van der Waals surface area (Å²) >= 11 is 0. The average molecular weight is 480 g/mol. The van der Waals surface area contributed by atoms with Crippen LogP contribution in [0, 0.1) is 25.2 Å². The summed E-state index contributed by atoms with van der Waals surface area (Å²) in [7, 11) is 0. The number of carbonyl (C=O) groups is 2. The van der Waals surface area contributed by atoms with Gasteiger partial charge in [-0.15, -0.1) is 0 Å². The number of furan rings is 1. The fourth-order valence-electron chi connectivity index (χ4n) is 4.16. The van der Waals surface area contributed by atoms with E-state index in [0.29, 0.717) is 45.6 Å². The second kappa shape index (κ2) is 9.31. The van der Waals surface area contributed by atoms with E-state index in [1.54, 1.807) is 28.8 Å². The monoisotopic (exact) mass is 479 g/mol. The predicted octanol–water partition coefficient (Wildman–Crippen LogP) is 3.42. The second-order valence-corrected chi connectivity index (χ2v) is 8.22. The van der Waals surface area contributed by atoms with Crippen LogP contribution in [0.25, 0.3) is 28.0 Å². The summed E-state index contributed by atoms with van der Waals surface area (Å²) in [6.45, 7) is 3.71. The lowest BCUT2D eigenvalue weighted by Gasteiger charge is -2.12. The number of aromatic nitrogens is 4. The molecule has 1 aromatic carbocycles. The molecule has 0 fully saturated rings. The molecule has 0 spiro atoms. The molecule has 0 aliphatic carbocycles. The molecule has 10 heteroatoms. The average Bonchev–Trinajstić information content (AvgIpc) is 3.57. The Labute approximate surface area is 205 Å². The van der Waals surface area contributed by atoms with Crippen molar-refractivity contribution in [3.05, 3.63) is 83.0 Å². The van der Waals surface area contributed by atoms with E-state index >= 15 is 0 Å². The normalized spacial score (nSPS) is 10.9. The molecule has 0 bridgehead atoms. The summed E-state index contributed by atoms with van der Waals surface area (Å²) in [6.07, 6.45) is 3.53. The molecular weight excluding hydrogens is 458 g/mol. The van der Waals surface area contributed by atoms with E-state index in [1.807, 2.05) is 32.0 Å². The highest BCUT2D eigenvalue weighted by Crippen LogP contribution is 2.25. The standard InChI is InChI=1S/C26H21N7O3/c1-15-18(16(2)33-25(29-15)17(13-27)14-28-33)9-10-24(34)31-32-26(35)20-12-22(23-8-5-11-36-23)30-21-7-4-3-6-19(20)21/h3-8,11-12,14H,9-10H2,1-2H3,(H,31,34)(H,32,35). The maximum absolute atomic E-state index is 13.0. The number of hydrogen-bond donors (Lipinski definition) is 2. The van der Waals surface area contributed by atoms with Crippen molar-refractivity contribution in [3.63, 3.8) is 0 Å². The van der Waals surface area contributed by atoms with Crippen LogP contribution in [0.1, 0.15) is 39.3 Å². The number of carbonyl (C=O) groups excluding carboxylic acids is 2. The Morgan fingerprint density at radius 3 is 2.72 bits per heavy atom. The van der Waals surface area contributed by atoms with E-state index in [0.717, 1.165) is 17.0 Å². The zero-order chi connectivity index (χ0) is 25.2. The third-order valence-electron chi connectivity index (χ3n) is 5.98. The van der Waals surface area contributed by atoms with E-state index < -0.39 is 5.91 Å². The molecule has 0 aliphatic rings. The van der Waals surface area contributed by atoms with Gasteiger partial charge in [0.05, 0.1) is 23.5 Å². The molecule has 4 aromatic heterocycles. The van der Waals surface area contributed by atoms with Crippen LogP contribution in [0.5, 0.6) is 0 Å². The largest absolute Gasteiger partial charge is 0.463 e. The van der Waals surface area contributed by atoms with Crippen LogP contribution >= 0.6 is 0 Å². The molecule has 0 saturated carbocycles. The van der Waals surface area contributed by atoms with E-state index in [1.165, 1.54) is 12.5 Å². The van der Waals surface area contributed by atoms with Crippen molar-refractivity contribution >= 4 is 28.4 Å². The fraction of sp³-hybridized carbons (Fsp3) is 0.154. The van der Waals surface area contributed by atoms with Gasteiger partial charge in [0, 0.05) is 23.2 Å². The van der Waals surface area contributed by atoms with Gasteiger partial charge in [-0.25, -0.2) is 14.5 Å². The zero-order valence-corrected chi connectivity index (χ0v) is 19.6. The first-order valence-electron chi connectivity index (χ1n) is 11.2. The minimum Gasteiger partial charge on any atom is -0.463 e. The lowest BCUT2D eigenvalue weighted by Crippen LogP contribution is -2.41. The molecule has 2 amide bonds. The van der Waals surface area contributed by atoms with Crippen molar-refractivity contribution in [2.24, 2.45) is 0 Å². The van der Waals surface area contributed by atoms with Gasteiger partial charge in [0.15, 0.2) is 11.4 Å². The van der Waals surface area contributed by atoms with Gasteiger partial charge in [-0.05, 0) is 50.1 Å². The topological polar surface area (TPSA) is 138 Å². The van der Waals surface area contributed by atoms with Crippen LogP contribution in [0.4, 0.5) is 0 Å². The molecule has 0 radical (unpaired) electrons. The first-order chi connectivity index (χ1) is 17.5. The van der Waals surface area contributed by atoms with Crippen molar-refractivity contribution in [2.75, 3.05) is 0 Å². The number of nitriles is 1. The van der Waals surface area contributed by atoms with E-state index in [4.69, 9.17) is 4.42 Å². The van der Waals surface area contributed by atoms with Gasteiger partial charge in [-0.1, -0.05) is 18.2 Å². The van der Waals surface area contributed by atoms with E-state index in [2.05, 4.69) is 32.0 Å². The Balaban J connectivity index is 1.30. The van der Waals surface area contributed by atoms with Crippen molar-refractivity contribution in [1.29, 1.82) is 5.26 Å². The number of benzene rings is 1. The number of para-hydroxylation sites is 1. The number of amides is 2. The van der Waals surface area contributed by atoms with Crippen LogP contribution in [0.3, 0.4) is 0 Å². The van der Waals surface area contributed by atoms with Crippen LogP contribution in [0.15, 0.2) is 59.3 Å². The van der Waals surface area contributed by atoms with Crippen LogP contribution in [0.2, 0.25) is 0 Å². The lowest BCUT2D eigenvalue weighted by molar-refractivity contribution is -0.121. The van der Waals surface area contributed by atoms with Crippen LogP contribution in [-0.4, -0.2) is 31.4 Å². The molecule has 0 saturated heterocycles. The van der Waals surface area contributed by atoms with Crippen molar-refractivity contribution in [2.45, 2.75) is 26.7 Å². The highest BCUT2D eigenvalue weighted by molar-refractivity contribution is 6.07. The molecule has 0 atom stereocenters. The maximum atomic E-state index is 13.0. The number of pyridine rings is 1. The lowest BCUT2D eigenvalue weighted by atomic mass is 10.1. The minimum absolute atomic E-state index is 0.121. The molecule has 4 heterocycles. The smallest absolute Gasteiger partial charge is 0.270 e. The summed E-state index contributed by atoms with van der Waals surface area (Å²) in [4.78, 5) is 34.6. The Morgan fingerprint density at radius 1 is 1.11 bits per heavy atom. The summed E-state index contributed by atoms with van der Waals surface area (Å²) in [5.41, 5.74) is 9.79. The number of fused-ring (bicyclic) bond motifs is 2.